The fraction of sp³-hybridized carbons (Fsp3) is 0.909. The molecule has 2 rings (SSSR count). The van der Waals surface area contributed by atoms with Gasteiger partial charge in [-0.3, -0.25) is 4.79 Å². The number of carboxylic acids is 1. The first kappa shape index (κ1) is 14.7. The number of piperidine rings is 1. The fourth-order valence-electron chi connectivity index (χ4n) is 2.04. The Kier molecular flexibility index (Phi) is 4.77. The zero-order valence-corrected chi connectivity index (χ0v) is 11.6. The SMILES string of the molecule is O=C(O)CCOC1CCN(S(=O)(=O)NC2CC2)CC1. The predicted molar refractivity (Wildman–Crippen MR) is 67.9 cm³/mol. The molecule has 110 valence electrons. The van der Waals surface area contributed by atoms with Gasteiger partial charge in [-0.25, -0.2) is 0 Å². The third-order valence-corrected chi connectivity index (χ3v) is 4.98. The molecule has 0 unspecified atom stereocenters. The first-order valence-electron chi connectivity index (χ1n) is 6.58. The Labute approximate surface area is 113 Å². The molecule has 0 atom stereocenters. The number of aliphatic carboxylic acids is 1. The Morgan fingerprint density at radius 2 is 1.89 bits per heavy atom. The lowest BCUT2D eigenvalue weighted by atomic mass is 10.1. The predicted octanol–water partition coefficient (Wildman–Crippen LogP) is -0.0611. The summed E-state index contributed by atoms with van der Waals surface area (Å²) in [5, 5.41) is 8.51. The van der Waals surface area contributed by atoms with Crippen LogP contribution in [0.2, 0.25) is 0 Å². The molecule has 1 aliphatic carbocycles. The number of carboxylic acid groups (broad SMARTS) is 1. The summed E-state index contributed by atoms with van der Waals surface area (Å²) < 4.78 is 33.4. The van der Waals surface area contributed by atoms with Crippen LogP contribution in [0.25, 0.3) is 0 Å². The zero-order valence-electron chi connectivity index (χ0n) is 10.7. The van der Waals surface area contributed by atoms with Gasteiger partial charge in [0, 0.05) is 19.1 Å². The monoisotopic (exact) mass is 292 g/mol. The lowest BCUT2D eigenvalue weighted by molar-refractivity contribution is -0.138. The van der Waals surface area contributed by atoms with Crippen molar-refractivity contribution in [1.82, 2.24) is 9.03 Å². The van der Waals surface area contributed by atoms with Crippen LogP contribution in [0.4, 0.5) is 0 Å². The summed E-state index contributed by atoms with van der Waals surface area (Å²) in [5.74, 6) is -0.881. The van der Waals surface area contributed by atoms with Crippen LogP contribution in [-0.4, -0.2) is 55.6 Å². The van der Waals surface area contributed by atoms with E-state index in [2.05, 4.69) is 4.72 Å². The quantitative estimate of drug-likeness (QED) is 0.685. The van der Waals surface area contributed by atoms with Crippen LogP contribution in [0.3, 0.4) is 0 Å². The first-order chi connectivity index (χ1) is 8.97. The van der Waals surface area contributed by atoms with Gasteiger partial charge in [0.2, 0.25) is 0 Å². The Morgan fingerprint density at radius 1 is 1.26 bits per heavy atom. The Hall–Kier alpha value is -0.700. The summed E-state index contributed by atoms with van der Waals surface area (Å²) in [6.45, 7) is 1.05. The summed E-state index contributed by atoms with van der Waals surface area (Å²) in [4.78, 5) is 10.4. The lowest BCUT2D eigenvalue weighted by Gasteiger charge is -2.31. The highest BCUT2D eigenvalue weighted by atomic mass is 32.2. The highest BCUT2D eigenvalue weighted by Crippen LogP contribution is 2.22. The van der Waals surface area contributed by atoms with Crippen molar-refractivity contribution in [2.24, 2.45) is 0 Å². The van der Waals surface area contributed by atoms with Crippen LogP contribution >= 0.6 is 0 Å². The van der Waals surface area contributed by atoms with Crippen LogP contribution < -0.4 is 4.72 Å². The van der Waals surface area contributed by atoms with Crippen molar-refractivity contribution >= 4 is 16.2 Å². The van der Waals surface area contributed by atoms with E-state index in [1.807, 2.05) is 0 Å². The van der Waals surface area contributed by atoms with Gasteiger partial charge in [-0.1, -0.05) is 0 Å². The molecule has 1 heterocycles. The maximum atomic E-state index is 11.9. The van der Waals surface area contributed by atoms with E-state index in [-0.39, 0.29) is 25.2 Å². The zero-order chi connectivity index (χ0) is 13.9. The molecule has 0 aromatic carbocycles. The largest absolute Gasteiger partial charge is 0.481 e. The summed E-state index contributed by atoms with van der Waals surface area (Å²) in [6, 6.07) is 0.120. The second-order valence-electron chi connectivity index (χ2n) is 5.01. The molecule has 0 bridgehead atoms. The normalized spacial score (nSPS) is 22.5. The molecule has 7 nitrogen and oxygen atoms in total. The van der Waals surface area contributed by atoms with Crippen LogP contribution in [-0.2, 0) is 19.7 Å². The molecular formula is C11H20N2O5S. The van der Waals surface area contributed by atoms with Gasteiger partial charge in [0.25, 0.3) is 10.2 Å². The molecule has 0 aromatic heterocycles. The summed E-state index contributed by atoms with van der Waals surface area (Å²) in [7, 11) is -3.34. The van der Waals surface area contributed by atoms with E-state index in [0.717, 1.165) is 12.8 Å². The van der Waals surface area contributed by atoms with E-state index >= 15 is 0 Å². The molecule has 1 saturated heterocycles. The molecule has 1 saturated carbocycles. The van der Waals surface area contributed by atoms with E-state index in [9.17, 15) is 13.2 Å². The number of rotatable bonds is 7. The molecular weight excluding hydrogens is 272 g/mol. The third-order valence-electron chi connectivity index (χ3n) is 3.30. The molecule has 19 heavy (non-hydrogen) atoms. The van der Waals surface area contributed by atoms with Crippen molar-refractivity contribution < 1.29 is 23.1 Å². The highest BCUT2D eigenvalue weighted by Gasteiger charge is 2.33. The third kappa shape index (κ3) is 4.72. The minimum absolute atomic E-state index is 0.0122. The summed E-state index contributed by atoms with van der Waals surface area (Å²) >= 11 is 0. The Bertz CT molecular complexity index is 413. The Balaban J connectivity index is 1.70. The van der Waals surface area contributed by atoms with Crippen molar-refractivity contribution in [3.63, 3.8) is 0 Å². The molecule has 0 amide bonds. The fourth-order valence-corrected chi connectivity index (χ4v) is 3.54. The number of ether oxygens (including phenoxy) is 1. The van der Waals surface area contributed by atoms with Crippen molar-refractivity contribution in [2.45, 2.75) is 44.2 Å². The van der Waals surface area contributed by atoms with Crippen LogP contribution in [0.5, 0.6) is 0 Å². The molecule has 0 spiro atoms. The molecule has 0 radical (unpaired) electrons. The van der Waals surface area contributed by atoms with Gasteiger partial charge in [0.1, 0.15) is 0 Å². The van der Waals surface area contributed by atoms with Gasteiger partial charge in [0.15, 0.2) is 0 Å². The van der Waals surface area contributed by atoms with Gasteiger partial charge >= 0.3 is 5.97 Å². The molecule has 2 N–H and O–H groups in total. The molecule has 0 aromatic rings. The van der Waals surface area contributed by atoms with Gasteiger partial charge in [-0.15, -0.1) is 0 Å². The van der Waals surface area contributed by atoms with Crippen molar-refractivity contribution in [1.29, 1.82) is 0 Å². The van der Waals surface area contributed by atoms with Gasteiger partial charge < -0.3 is 9.84 Å². The minimum atomic E-state index is -3.34. The van der Waals surface area contributed by atoms with E-state index < -0.39 is 16.2 Å². The number of hydrogen-bond donors (Lipinski definition) is 2. The van der Waals surface area contributed by atoms with Crippen LogP contribution in [0.15, 0.2) is 0 Å². The number of carbonyl (C=O) groups is 1. The van der Waals surface area contributed by atoms with Gasteiger partial charge in [0.05, 0.1) is 19.1 Å². The second-order valence-corrected chi connectivity index (χ2v) is 6.71. The average molecular weight is 292 g/mol. The molecule has 8 heteroatoms. The smallest absolute Gasteiger partial charge is 0.305 e. The van der Waals surface area contributed by atoms with E-state index in [1.165, 1.54) is 4.31 Å². The topological polar surface area (TPSA) is 95.9 Å². The van der Waals surface area contributed by atoms with E-state index in [0.29, 0.717) is 25.9 Å². The second kappa shape index (κ2) is 6.17. The summed E-state index contributed by atoms with van der Waals surface area (Å²) in [6.07, 6.45) is 3.03. The summed E-state index contributed by atoms with van der Waals surface area (Å²) in [5.41, 5.74) is 0. The van der Waals surface area contributed by atoms with Crippen LogP contribution in [0, 0.1) is 0 Å². The van der Waals surface area contributed by atoms with Crippen molar-refractivity contribution in [3.8, 4) is 0 Å². The maximum absolute atomic E-state index is 11.9. The van der Waals surface area contributed by atoms with Crippen molar-refractivity contribution in [3.05, 3.63) is 0 Å². The molecule has 1 aliphatic heterocycles. The van der Waals surface area contributed by atoms with Crippen LogP contribution in [0.1, 0.15) is 32.1 Å². The number of nitrogens with one attached hydrogen (secondary N) is 1. The minimum Gasteiger partial charge on any atom is -0.481 e. The van der Waals surface area contributed by atoms with Gasteiger partial charge in [-0.2, -0.15) is 17.4 Å². The highest BCUT2D eigenvalue weighted by molar-refractivity contribution is 7.87. The Morgan fingerprint density at radius 3 is 2.42 bits per heavy atom. The molecule has 2 aliphatic rings. The number of hydrogen-bond acceptors (Lipinski definition) is 4. The average Bonchev–Trinajstić information content (AvgIpc) is 3.12. The number of nitrogens with zero attached hydrogens (tertiary/aromatic N) is 1. The maximum Gasteiger partial charge on any atom is 0.305 e. The molecule has 2 fully saturated rings. The van der Waals surface area contributed by atoms with Gasteiger partial charge in [-0.05, 0) is 25.7 Å². The van der Waals surface area contributed by atoms with E-state index in [1.54, 1.807) is 0 Å². The standard InChI is InChI=1S/C11H20N2O5S/c14-11(15)5-8-18-10-3-6-13(7-4-10)19(16,17)12-9-1-2-9/h9-10,12H,1-8H2,(H,14,15). The van der Waals surface area contributed by atoms with Crippen molar-refractivity contribution in [2.75, 3.05) is 19.7 Å². The van der Waals surface area contributed by atoms with E-state index in [4.69, 9.17) is 9.84 Å². The lowest BCUT2D eigenvalue weighted by Crippen LogP contribution is -2.47. The first-order valence-corrected chi connectivity index (χ1v) is 8.02.